The Bertz CT molecular complexity index is 1090. The first-order chi connectivity index (χ1) is 14.6. The molecule has 0 aliphatic heterocycles. The molecule has 2 aromatic carbocycles. The summed E-state index contributed by atoms with van der Waals surface area (Å²) in [5.74, 6) is 0.820. The Morgan fingerprint density at radius 2 is 1.80 bits per heavy atom. The number of amides is 1. The van der Waals surface area contributed by atoms with Crippen molar-refractivity contribution in [3.05, 3.63) is 64.1 Å². The van der Waals surface area contributed by atoms with Crippen LogP contribution >= 0.6 is 0 Å². The fourth-order valence-corrected chi connectivity index (χ4v) is 3.42. The van der Waals surface area contributed by atoms with E-state index in [9.17, 15) is 9.59 Å². The molecule has 158 valence electrons. The molecule has 0 aliphatic carbocycles. The number of unbranched alkanes of at least 4 members (excludes halogenated alkanes) is 2. The van der Waals surface area contributed by atoms with E-state index in [-0.39, 0.29) is 23.7 Å². The maximum atomic E-state index is 13.0. The number of aromatic nitrogens is 2. The average Bonchev–Trinajstić information content (AvgIpc) is 2.78. The minimum atomic E-state index is -0.347. The van der Waals surface area contributed by atoms with Gasteiger partial charge < -0.3 is 14.8 Å². The number of hydrogen-bond acceptors (Lipinski definition) is 5. The van der Waals surface area contributed by atoms with Crippen molar-refractivity contribution in [3.8, 4) is 11.5 Å². The fourth-order valence-electron chi connectivity index (χ4n) is 3.42. The summed E-state index contributed by atoms with van der Waals surface area (Å²) in [5, 5.41) is 8.33. The van der Waals surface area contributed by atoms with Gasteiger partial charge >= 0.3 is 0 Å². The summed E-state index contributed by atoms with van der Waals surface area (Å²) in [6.07, 6.45) is 2.87. The van der Waals surface area contributed by atoms with Gasteiger partial charge in [-0.05, 0) is 18.6 Å². The molecule has 0 bridgehead atoms. The lowest BCUT2D eigenvalue weighted by molar-refractivity contribution is 0.0945. The molecule has 1 N–H and O–H groups in total. The van der Waals surface area contributed by atoms with Gasteiger partial charge in [0.25, 0.3) is 11.5 Å². The molecule has 1 aromatic heterocycles. The molecule has 1 heterocycles. The molecule has 7 nitrogen and oxygen atoms in total. The molecule has 0 fully saturated rings. The number of nitrogens with zero attached hydrogens (tertiary/aromatic N) is 2. The summed E-state index contributed by atoms with van der Waals surface area (Å²) >= 11 is 0. The Balaban J connectivity index is 1.91. The van der Waals surface area contributed by atoms with E-state index in [1.165, 1.54) is 4.68 Å². The highest BCUT2D eigenvalue weighted by Gasteiger charge is 2.17. The zero-order valence-electron chi connectivity index (χ0n) is 17.6. The van der Waals surface area contributed by atoms with Crippen LogP contribution in [0.5, 0.6) is 11.5 Å². The molecule has 3 rings (SSSR count). The molecule has 7 heteroatoms. The minimum absolute atomic E-state index is 0.173. The van der Waals surface area contributed by atoms with Crippen LogP contribution < -0.4 is 20.3 Å². The number of methoxy groups -OCH3 is 2. The Morgan fingerprint density at radius 3 is 2.50 bits per heavy atom. The molecule has 1 amide bonds. The number of rotatable bonds is 9. The largest absolute Gasteiger partial charge is 0.493 e. The normalized spacial score (nSPS) is 10.8. The Labute approximate surface area is 175 Å². The summed E-state index contributed by atoms with van der Waals surface area (Å²) in [4.78, 5) is 25.8. The van der Waals surface area contributed by atoms with Gasteiger partial charge in [-0.2, -0.15) is 5.10 Å². The number of benzene rings is 2. The maximum absolute atomic E-state index is 13.0. The highest BCUT2D eigenvalue weighted by Crippen LogP contribution is 2.30. The monoisotopic (exact) mass is 409 g/mol. The van der Waals surface area contributed by atoms with Crippen molar-refractivity contribution in [2.45, 2.75) is 39.3 Å². The summed E-state index contributed by atoms with van der Waals surface area (Å²) in [6, 6.07) is 12.6. The lowest BCUT2D eigenvalue weighted by Gasteiger charge is -2.14. The van der Waals surface area contributed by atoms with E-state index >= 15 is 0 Å². The van der Waals surface area contributed by atoms with Crippen molar-refractivity contribution in [3.63, 3.8) is 0 Å². The zero-order chi connectivity index (χ0) is 21.5. The third-order valence-electron chi connectivity index (χ3n) is 4.98. The van der Waals surface area contributed by atoms with Crippen LogP contribution in [0.1, 0.15) is 42.2 Å². The minimum Gasteiger partial charge on any atom is -0.493 e. The van der Waals surface area contributed by atoms with Crippen LogP contribution in [-0.4, -0.2) is 29.9 Å². The van der Waals surface area contributed by atoms with Gasteiger partial charge in [0.1, 0.15) is 0 Å². The van der Waals surface area contributed by atoms with Gasteiger partial charge in [0, 0.05) is 24.0 Å². The third-order valence-corrected chi connectivity index (χ3v) is 4.98. The van der Waals surface area contributed by atoms with Crippen LogP contribution in [0.15, 0.2) is 47.3 Å². The Hall–Kier alpha value is -3.35. The van der Waals surface area contributed by atoms with E-state index in [1.807, 2.05) is 12.1 Å². The highest BCUT2D eigenvalue weighted by molar-refractivity contribution is 6.04. The highest BCUT2D eigenvalue weighted by atomic mass is 16.5. The van der Waals surface area contributed by atoms with Crippen molar-refractivity contribution in [2.75, 3.05) is 14.2 Å². The number of nitrogens with one attached hydrogen (secondary N) is 1. The van der Waals surface area contributed by atoms with E-state index in [4.69, 9.17) is 9.47 Å². The van der Waals surface area contributed by atoms with Gasteiger partial charge in [0.05, 0.1) is 19.6 Å². The predicted molar refractivity (Wildman–Crippen MR) is 116 cm³/mol. The van der Waals surface area contributed by atoms with Gasteiger partial charge in [-0.15, -0.1) is 0 Å². The number of aryl methyl sites for hydroxylation is 1. The van der Waals surface area contributed by atoms with Crippen LogP contribution in [0.3, 0.4) is 0 Å². The van der Waals surface area contributed by atoms with E-state index in [0.717, 1.165) is 24.8 Å². The topological polar surface area (TPSA) is 82.5 Å². The second-order valence-electron chi connectivity index (χ2n) is 6.96. The van der Waals surface area contributed by atoms with Gasteiger partial charge in [0.15, 0.2) is 17.2 Å². The Morgan fingerprint density at radius 1 is 1.03 bits per heavy atom. The van der Waals surface area contributed by atoms with E-state index < -0.39 is 0 Å². The Kier molecular flexibility index (Phi) is 7.06. The lowest BCUT2D eigenvalue weighted by atomic mass is 10.1. The first kappa shape index (κ1) is 21.4. The SMILES string of the molecule is CCCCCn1nc(C(=O)NCc2cccc(OC)c2OC)c2ccccc2c1=O. The number of para-hydroxylation sites is 1. The number of ether oxygens (including phenoxy) is 2. The van der Waals surface area contributed by atoms with Crippen LogP contribution in [-0.2, 0) is 13.1 Å². The van der Waals surface area contributed by atoms with Gasteiger partial charge in [-0.1, -0.05) is 50.1 Å². The molecule has 3 aromatic rings. The molecule has 0 saturated carbocycles. The van der Waals surface area contributed by atoms with Crippen molar-refractivity contribution < 1.29 is 14.3 Å². The molecule has 0 spiro atoms. The third kappa shape index (κ3) is 4.45. The number of carbonyl (C=O) groups is 1. The van der Waals surface area contributed by atoms with Crippen molar-refractivity contribution in [1.82, 2.24) is 15.1 Å². The van der Waals surface area contributed by atoms with Crippen molar-refractivity contribution in [2.24, 2.45) is 0 Å². The second kappa shape index (κ2) is 9.91. The van der Waals surface area contributed by atoms with Crippen molar-refractivity contribution >= 4 is 16.7 Å². The molecular weight excluding hydrogens is 382 g/mol. The van der Waals surface area contributed by atoms with E-state index in [1.54, 1.807) is 44.6 Å². The van der Waals surface area contributed by atoms with Crippen LogP contribution in [0.4, 0.5) is 0 Å². The van der Waals surface area contributed by atoms with Crippen LogP contribution in [0, 0.1) is 0 Å². The molecule has 0 saturated heterocycles. The summed E-state index contributed by atoms with van der Waals surface area (Å²) in [5.41, 5.74) is 0.849. The smallest absolute Gasteiger partial charge is 0.274 e. The fraction of sp³-hybridized carbons (Fsp3) is 0.348. The van der Waals surface area contributed by atoms with E-state index in [0.29, 0.717) is 28.8 Å². The van der Waals surface area contributed by atoms with Gasteiger partial charge in [-0.25, -0.2) is 4.68 Å². The summed E-state index contributed by atoms with van der Waals surface area (Å²) in [7, 11) is 3.13. The number of hydrogen-bond donors (Lipinski definition) is 1. The molecule has 0 atom stereocenters. The molecule has 30 heavy (non-hydrogen) atoms. The zero-order valence-corrected chi connectivity index (χ0v) is 17.6. The molecular formula is C23H27N3O4. The van der Waals surface area contributed by atoms with Gasteiger partial charge in [-0.3, -0.25) is 9.59 Å². The predicted octanol–water partition coefficient (Wildman–Crippen LogP) is 3.53. The summed E-state index contributed by atoms with van der Waals surface area (Å²) in [6.45, 7) is 2.83. The first-order valence-electron chi connectivity index (χ1n) is 10.1. The first-order valence-corrected chi connectivity index (χ1v) is 10.1. The molecule has 0 aliphatic rings. The van der Waals surface area contributed by atoms with E-state index in [2.05, 4.69) is 17.3 Å². The standard InChI is InChI=1S/C23H27N3O4/c1-4-5-8-14-26-23(28)18-12-7-6-11-17(18)20(25-26)22(27)24-15-16-10-9-13-19(29-2)21(16)30-3/h6-7,9-13H,4-5,8,14-15H2,1-3H3,(H,24,27). The number of fused-ring (bicyclic) bond motifs is 1. The molecule has 0 radical (unpaired) electrons. The number of carbonyl (C=O) groups excluding carboxylic acids is 1. The lowest BCUT2D eigenvalue weighted by Crippen LogP contribution is -2.30. The quantitative estimate of drug-likeness (QED) is 0.547. The van der Waals surface area contributed by atoms with Crippen molar-refractivity contribution in [1.29, 1.82) is 0 Å². The second-order valence-corrected chi connectivity index (χ2v) is 6.96. The van der Waals surface area contributed by atoms with Crippen LogP contribution in [0.2, 0.25) is 0 Å². The van der Waals surface area contributed by atoms with Gasteiger partial charge in [0.2, 0.25) is 0 Å². The molecule has 0 unspecified atom stereocenters. The summed E-state index contributed by atoms with van der Waals surface area (Å²) < 4.78 is 12.1. The average molecular weight is 409 g/mol. The van der Waals surface area contributed by atoms with Crippen LogP contribution in [0.25, 0.3) is 10.8 Å². The maximum Gasteiger partial charge on any atom is 0.274 e.